The number of phenolic OH excluding ortho intramolecular Hbond substituents is 1. The van der Waals surface area contributed by atoms with Gasteiger partial charge in [-0.15, -0.1) is 0 Å². The average molecular weight is 628 g/mol. The lowest BCUT2D eigenvalue weighted by Gasteiger charge is -2.32. The summed E-state index contributed by atoms with van der Waals surface area (Å²) in [5.74, 6) is -5.99. The third-order valence-corrected chi connectivity index (χ3v) is 7.94. The summed E-state index contributed by atoms with van der Waals surface area (Å²) in [6.07, 6.45) is -3.60. The van der Waals surface area contributed by atoms with Crippen molar-refractivity contribution in [2.24, 2.45) is 0 Å². The van der Waals surface area contributed by atoms with E-state index in [-0.39, 0.29) is 48.1 Å². The normalized spacial score (nSPS) is 22.0. The van der Waals surface area contributed by atoms with Crippen molar-refractivity contribution in [2.45, 2.75) is 76.9 Å². The minimum absolute atomic E-state index is 0.0334. The van der Waals surface area contributed by atoms with Gasteiger partial charge in [-0.2, -0.15) is 0 Å². The van der Waals surface area contributed by atoms with E-state index in [9.17, 15) is 33.4 Å². The summed E-state index contributed by atoms with van der Waals surface area (Å²) in [6, 6.07) is 11.4. The van der Waals surface area contributed by atoms with Crippen LogP contribution in [0.1, 0.15) is 53.8 Å². The molecule has 0 aromatic heterocycles. The van der Waals surface area contributed by atoms with Gasteiger partial charge in [-0.25, -0.2) is 13.2 Å². The Balaban J connectivity index is 1.69. The van der Waals surface area contributed by atoms with Crippen LogP contribution in [0.25, 0.3) is 0 Å². The topological polar surface area (TPSA) is 137 Å². The number of halogens is 3. The van der Waals surface area contributed by atoms with E-state index >= 15 is 4.39 Å². The standard InChI is InChI=1S/C33H36F3N3O6/c1-17-23(29(36)28(35)18(2)27(17)34)16-21-13-14-26(41)45-25(15-20-9-5-4-6-10-20)32(43)37-19(3)30(33(44)38-21)39-31(42)22-11-7-8-12-24(22)40/h4-12,19,21,25,30-31,39-40,42H,13-16H2,1-3H3,(H,37,43)(H,38,44)/t19-,21-,25?,30+,31?/m1/s1. The third kappa shape index (κ3) is 8.00. The number of amides is 2. The summed E-state index contributed by atoms with van der Waals surface area (Å²) >= 11 is 0. The molecule has 0 saturated carbocycles. The van der Waals surface area contributed by atoms with Gasteiger partial charge < -0.3 is 25.6 Å². The number of hydrogen-bond donors (Lipinski definition) is 5. The van der Waals surface area contributed by atoms with Crippen LogP contribution in [0.3, 0.4) is 0 Å². The molecule has 1 fully saturated rings. The summed E-state index contributed by atoms with van der Waals surface area (Å²) < 4.78 is 49.9. The largest absolute Gasteiger partial charge is 0.508 e. The zero-order chi connectivity index (χ0) is 32.8. The molecule has 5 atom stereocenters. The first-order chi connectivity index (χ1) is 21.4. The molecule has 3 aromatic carbocycles. The van der Waals surface area contributed by atoms with Crippen LogP contribution in [0.5, 0.6) is 5.75 Å². The quantitative estimate of drug-likeness (QED) is 0.154. The van der Waals surface area contributed by atoms with Gasteiger partial charge in [0, 0.05) is 30.0 Å². The molecular weight excluding hydrogens is 591 g/mol. The van der Waals surface area contributed by atoms with E-state index in [2.05, 4.69) is 16.0 Å². The van der Waals surface area contributed by atoms with E-state index in [0.717, 1.165) is 6.92 Å². The molecule has 1 heterocycles. The molecule has 1 aliphatic rings. The maximum Gasteiger partial charge on any atom is 0.306 e. The highest BCUT2D eigenvalue weighted by Crippen LogP contribution is 2.27. The number of para-hydroxylation sites is 1. The van der Waals surface area contributed by atoms with Crippen molar-refractivity contribution >= 4 is 17.8 Å². The number of cyclic esters (lactones) is 1. The second-order valence-electron chi connectivity index (χ2n) is 11.2. The molecule has 12 heteroatoms. The van der Waals surface area contributed by atoms with Crippen LogP contribution in [0.2, 0.25) is 0 Å². The lowest BCUT2D eigenvalue weighted by atomic mass is 9.94. The van der Waals surface area contributed by atoms with Crippen LogP contribution in [0, 0.1) is 31.3 Å². The number of rotatable bonds is 7. The van der Waals surface area contributed by atoms with Crippen LogP contribution < -0.4 is 16.0 Å². The SMILES string of the molecule is Cc1c(F)c(C)c(C[C@H]2CCC(=O)OC(Cc3ccccc3)C(=O)N[C@H](C)[C@H](NC(O)c3ccccc3O)C(=O)N2)c(F)c1F. The molecule has 4 rings (SSSR count). The van der Waals surface area contributed by atoms with Crippen molar-refractivity contribution in [3.05, 3.63) is 99.9 Å². The number of hydrogen-bond acceptors (Lipinski definition) is 7. The molecule has 1 saturated heterocycles. The van der Waals surface area contributed by atoms with E-state index in [1.165, 1.54) is 26.0 Å². The van der Waals surface area contributed by atoms with E-state index in [1.807, 2.05) is 0 Å². The predicted octanol–water partition coefficient (Wildman–Crippen LogP) is 3.56. The van der Waals surface area contributed by atoms with Gasteiger partial charge in [0.05, 0.1) is 6.04 Å². The molecule has 0 bridgehead atoms. The number of ether oxygens (including phenoxy) is 1. The Hall–Kier alpha value is -4.42. The number of nitrogens with one attached hydrogen (secondary N) is 3. The van der Waals surface area contributed by atoms with Gasteiger partial charge in [0.15, 0.2) is 17.7 Å². The van der Waals surface area contributed by atoms with Crippen LogP contribution in [-0.2, 0) is 32.0 Å². The number of benzene rings is 3. The molecule has 2 amide bonds. The maximum absolute atomic E-state index is 15.1. The highest BCUT2D eigenvalue weighted by molar-refractivity contribution is 5.87. The Bertz CT molecular complexity index is 1530. The van der Waals surface area contributed by atoms with Gasteiger partial charge in [0.25, 0.3) is 5.91 Å². The molecule has 3 aromatic rings. The van der Waals surface area contributed by atoms with Crippen molar-refractivity contribution in [3.63, 3.8) is 0 Å². The molecule has 0 aliphatic carbocycles. The number of phenols is 1. The Morgan fingerprint density at radius 2 is 1.56 bits per heavy atom. The van der Waals surface area contributed by atoms with E-state index in [0.29, 0.717) is 5.56 Å². The lowest BCUT2D eigenvalue weighted by Crippen LogP contribution is -2.60. The van der Waals surface area contributed by atoms with E-state index < -0.39 is 71.3 Å². The first kappa shape index (κ1) is 33.5. The highest BCUT2D eigenvalue weighted by Gasteiger charge is 2.35. The Morgan fingerprint density at radius 3 is 2.24 bits per heavy atom. The third-order valence-electron chi connectivity index (χ3n) is 7.94. The molecule has 0 radical (unpaired) electrons. The molecule has 9 nitrogen and oxygen atoms in total. The number of carbonyl (C=O) groups is 3. The Labute approximate surface area is 258 Å². The number of esters is 1. The van der Waals surface area contributed by atoms with Crippen LogP contribution in [0.15, 0.2) is 54.6 Å². The van der Waals surface area contributed by atoms with E-state index in [1.54, 1.807) is 42.5 Å². The van der Waals surface area contributed by atoms with Gasteiger partial charge in [-0.3, -0.25) is 19.7 Å². The van der Waals surface area contributed by atoms with Crippen LogP contribution >= 0.6 is 0 Å². The van der Waals surface area contributed by atoms with Gasteiger partial charge in [0.1, 0.15) is 23.8 Å². The highest BCUT2D eigenvalue weighted by atomic mass is 19.2. The minimum atomic E-state index is -1.56. The fraction of sp³-hybridized carbons (Fsp3) is 0.364. The zero-order valence-corrected chi connectivity index (χ0v) is 25.1. The minimum Gasteiger partial charge on any atom is -0.508 e. The van der Waals surface area contributed by atoms with Crippen LogP contribution in [0.4, 0.5) is 13.2 Å². The summed E-state index contributed by atoms with van der Waals surface area (Å²) in [4.78, 5) is 40.0. The fourth-order valence-corrected chi connectivity index (χ4v) is 5.33. The van der Waals surface area contributed by atoms with Crippen molar-refractivity contribution in [1.82, 2.24) is 16.0 Å². The second-order valence-corrected chi connectivity index (χ2v) is 11.2. The molecule has 5 N–H and O–H groups in total. The van der Waals surface area contributed by atoms with Gasteiger partial charge in [-0.1, -0.05) is 48.5 Å². The van der Waals surface area contributed by atoms with Crippen molar-refractivity contribution in [2.75, 3.05) is 0 Å². The van der Waals surface area contributed by atoms with E-state index in [4.69, 9.17) is 4.74 Å². The summed E-state index contributed by atoms with van der Waals surface area (Å²) in [5, 5.41) is 29.2. The molecule has 0 spiro atoms. The maximum atomic E-state index is 15.1. The Morgan fingerprint density at radius 1 is 0.889 bits per heavy atom. The van der Waals surface area contributed by atoms with Gasteiger partial charge in [-0.05, 0) is 56.4 Å². The lowest BCUT2D eigenvalue weighted by molar-refractivity contribution is -0.156. The van der Waals surface area contributed by atoms with Gasteiger partial charge >= 0.3 is 5.97 Å². The van der Waals surface area contributed by atoms with Crippen molar-refractivity contribution < 1.29 is 42.5 Å². The van der Waals surface area contributed by atoms with Crippen LogP contribution in [-0.4, -0.2) is 52.2 Å². The number of carbonyl (C=O) groups excluding carboxylic acids is 3. The summed E-state index contributed by atoms with van der Waals surface area (Å²) in [7, 11) is 0. The van der Waals surface area contributed by atoms with Crippen molar-refractivity contribution in [3.8, 4) is 5.75 Å². The number of aliphatic hydroxyl groups excluding tert-OH is 1. The monoisotopic (exact) mass is 627 g/mol. The summed E-state index contributed by atoms with van der Waals surface area (Å²) in [6.45, 7) is 3.90. The zero-order valence-electron chi connectivity index (χ0n) is 25.1. The molecule has 240 valence electrons. The van der Waals surface area contributed by atoms with Gasteiger partial charge in [0.2, 0.25) is 5.91 Å². The summed E-state index contributed by atoms with van der Waals surface area (Å²) in [5.41, 5.74) is -0.145. The molecule has 45 heavy (non-hydrogen) atoms. The first-order valence-electron chi connectivity index (χ1n) is 14.6. The number of aromatic hydroxyl groups is 1. The van der Waals surface area contributed by atoms with Crippen molar-refractivity contribution in [1.29, 1.82) is 0 Å². The molecule has 2 unspecified atom stereocenters. The predicted molar refractivity (Wildman–Crippen MR) is 158 cm³/mol. The fourth-order valence-electron chi connectivity index (χ4n) is 5.33. The molecular formula is C33H36F3N3O6. The average Bonchev–Trinajstić information content (AvgIpc) is 3.02. The molecule has 1 aliphatic heterocycles. The number of aliphatic hydroxyl groups is 1. The Kier molecular flexibility index (Phi) is 10.8. The second kappa shape index (κ2) is 14.6. The smallest absolute Gasteiger partial charge is 0.306 e. The first-order valence-corrected chi connectivity index (χ1v) is 14.6.